The number of rotatable bonds is 2. The molecule has 1 aliphatic heterocycles. The SMILES string of the molecule is C=CC1CC(=O)N(c2ccc(O)cc2C)C1. The lowest BCUT2D eigenvalue weighted by atomic mass is 10.1. The Bertz CT molecular complexity index is 440. The lowest BCUT2D eigenvalue weighted by Crippen LogP contribution is -2.25. The van der Waals surface area contributed by atoms with Crippen LogP contribution in [0.15, 0.2) is 30.9 Å². The maximum atomic E-state index is 11.8. The maximum absolute atomic E-state index is 11.8. The number of carbonyl (C=O) groups excluding carboxylic acids is 1. The van der Waals surface area contributed by atoms with Crippen LogP contribution in [-0.2, 0) is 4.79 Å². The van der Waals surface area contributed by atoms with Crippen LogP contribution in [0.25, 0.3) is 0 Å². The van der Waals surface area contributed by atoms with Crippen molar-refractivity contribution in [2.24, 2.45) is 5.92 Å². The van der Waals surface area contributed by atoms with Gasteiger partial charge in [0.2, 0.25) is 5.91 Å². The smallest absolute Gasteiger partial charge is 0.227 e. The summed E-state index contributed by atoms with van der Waals surface area (Å²) in [6.07, 6.45) is 2.36. The summed E-state index contributed by atoms with van der Waals surface area (Å²) in [5.74, 6) is 0.590. The minimum atomic E-state index is 0.124. The van der Waals surface area contributed by atoms with Crippen LogP contribution in [0.2, 0.25) is 0 Å². The first-order valence-electron chi connectivity index (χ1n) is 5.34. The molecule has 1 fully saturated rings. The van der Waals surface area contributed by atoms with E-state index in [9.17, 15) is 9.90 Å². The van der Waals surface area contributed by atoms with Crippen molar-refractivity contribution in [1.82, 2.24) is 0 Å². The van der Waals surface area contributed by atoms with Gasteiger partial charge in [-0.25, -0.2) is 0 Å². The molecule has 0 aromatic heterocycles. The van der Waals surface area contributed by atoms with Gasteiger partial charge in [0.05, 0.1) is 0 Å². The van der Waals surface area contributed by atoms with Gasteiger partial charge in [0, 0.05) is 24.6 Å². The van der Waals surface area contributed by atoms with Gasteiger partial charge < -0.3 is 10.0 Å². The summed E-state index contributed by atoms with van der Waals surface area (Å²) in [6, 6.07) is 5.06. The average Bonchev–Trinajstić information content (AvgIpc) is 2.60. The number of carbonyl (C=O) groups is 1. The van der Waals surface area contributed by atoms with Gasteiger partial charge >= 0.3 is 0 Å². The van der Waals surface area contributed by atoms with Crippen LogP contribution in [0.5, 0.6) is 5.75 Å². The molecule has 1 saturated heterocycles. The Balaban J connectivity index is 2.31. The summed E-state index contributed by atoms with van der Waals surface area (Å²) >= 11 is 0. The van der Waals surface area contributed by atoms with E-state index in [1.165, 1.54) is 0 Å². The third kappa shape index (κ3) is 1.81. The van der Waals surface area contributed by atoms with Gasteiger partial charge in [-0.15, -0.1) is 6.58 Å². The van der Waals surface area contributed by atoms with Crippen molar-refractivity contribution >= 4 is 11.6 Å². The standard InChI is InChI=1S/C13H15NO2/c1-3-10-7-13(16)14(8-10)12-5-4-11(15)6-9(12)2/h3-6,10,15H,1,7-8H2,2H3. The van der Waals surface area contributed by atoms with E-state index in [-0.39, 0.29) is 17.6 Å². The van der Waals surface area contributed by atoms with Crippen LogP contribution in [0.1, 0.15) is 12.0 Å². The minimum absolute atomic E-state index is 0.124. The van der Waals surface area contributed by atoms with E-state index in [2.05, 4.69) is 6.58 Å². The number of benzene rings is 1. The summed E-state index contributed by atoms with van der Waals surface area (Å²) in [5, 5.41) is 9.32. The molecule has 84 valence electrons. The van der Waals surface area contributed by atoms with Gasteiger partial charge in [0.15, 0.2) is 0 Å². The van der Waals surface area contributed by atoms with Gasteiger partial charge in [-0.1, -0.05) is 6.08 Å². The summed E-state index contributed by atoms with van der Waals surface area (Å²) in [4.78, 5) is 13.6. The fraction of sp³-hybridized carbons (Fsp3) is 0.308. The van der Waals surface area contributed by atoms with Gasteiger partial charge in [-0.2, -0.15) is 0 Å². The molecule has 0 radical (unpaired) electrons. The molecule has 1 amide bonds. The molecule has 0 aliphatic carbocycles. The zero-order chi connectivity index (χ0) is 11.7. The topological polar surface area (TPSA) is 40.5 Å². The Morgan fingerprint density at radius 3 is 2.88 bits per heavy atom. The lowest BCUT2D eigenvalue weighted by Gasteiger charge is -2.18. The molecule has 3 heteroatoms. The molecule has 1 unspecified atom stereocenters. The van der Waals surface area contributed by atoms with Crippen molar-refractivity contribution in [1.29, 1.82) is 0 Å². The van der Waals surface area contributed by atoms with E-state index in [0.29, 0.717) is 13.0 Å². The fourth-order valence-electron chi connectivity index (χ4n) is 2.07. The van der Waals surface area contributed by atoms with E-state index >= 15 is 0 Å². The average molecular weight is 217 g/mol. The molecule has 3 nitrogen and oxygen atoms in total. The molecular formula is C13H15NO2. The lowest BCUT2D eigenvalue weighted by molar-refractivity contribution is -0.117. The first-order valence-corrected chi connectivity index (χ1v) is 5.34. The van der Waals surface area contributed by atoms with Crippen molar-refractivity contribution in [2.75, 3.05) is 11.4 Å². The zero-order valence-corrected chi connectivity index (χ0v) is 9.31. The number of aromatic hydroxyl groups is 1. The monoisotopic (exact) mass is 217 g/mol. The molecule has 0 spiro atoms. The Morgan fingerprint density at radius 1 is 1.56 bits per heavy atom. The Hall–Kier alpha value is -1.77. The Kier molecular flexibility index (Phi) is 2.69. The highest BCUT2D eigenvalue weighted by molar-refractivity contribution is 5.96. The van der Waals surface area contributed by atoms with Crippen molar-refractivity contribution in [3.8, 4) is 5.75 Å². The number of hydrogen-bond donors (Lipinski definition) is 1. The van der Waals surface area contributed by atoms with Crippen LogP contribution in [-0.4, -0.2) is 17.6 Å². The van der Waals surface area contributed by atoms with E-state index in [0.717, 1.165) is 11.3 Å². The molecule has 1 heterocycles. The second-order valence-corrected chi connectivity index (χ2v) is 4.18. The molecule has 1 aromatic carbocycles. The number of nitrogens with zero attached hydrogens (tertiary/aromatic N) is 1. The first kappa shape index (κ1) is 10.7. The van der Waals surface area contributed by atoms with Crippen LogP contribution < -0.4 is 4.90 Å². The predicted molar refractivity (Wildman–Crippen MR) is 63.5 cm³/mol. The van der Waals surface area contributed by atoms with E-state index < -0.39 is 0 Å². The van der Waals surface area contributed by atoms with Crippen LogP contribution in [0.3, 0.4) is 0 Å². The van der Waals surface area contributed by atoms with Gasteiger partial charge in [0.25, 0.3) is 0 Å². The number of phenolic OH excluding ortho intramolecular Hbond substituents is 1. The fourth-order valence-corrected chi connectivity index (χ4v) is 2.07. The van der Waals surface area contributed by atoms with Gasteiger partial charge in [-0.3, -0.25) is 4.79 Å². The second-order valence-electron chi connectivity index (χ2n) is 4.18. The largest absolute Gasteiger partial charge is 0.508 e. The van der Waals surface area contributed by atoms with Crippen molar-refractivity contribution in [3.05, 3.63) is 36.4 Å². The normalized spacial score (nSPS) is 20.2. The third-order valence-corrected chi connectivity index (χ3v) is 2.96. The zero-order valence-electron chi connectivity index (χ0n) is 9.31. The summed E-state index contributed by atoms with van der Waals surface area (Å²) in [7, 11) is 0. The summed E-state index contributed by atoms with van der Waals surface area (Å²) < 4.78 is 0. The van der Waals surface area contributed by atoms with Crippen molar-refractivity contribution < 1.29 is 9.90 Å². The minimum Gasteiger partial charge on any atom is -0.508 e. The van der Waals surface area contributed by atoms with Gasteiger partial charge in [0.1, 0.15) is 5.75 Å². The highest BCUT2D eigenvalue weighted by Crippen LogP contribution is 2.30. The van der Waals surface area contributed by atoms with Crippen molar-refractivity contribution in [2.45, 2.75) is 13.3 Å². The second kappa shape index (κ2) is 4.00. The number of aryl methyl sites for hydroxylation is 1. The Morgan fingerprint density at radius 2 is 2.31 bits per heavy atom. The number of anilines is 1. The van der Waals surface area contributed by atoms with Gasteiger partial charge in [-0.05, 0) is 30.7 Å². The Labute approximate surface area is 95.0 Å². The number of phenols is 1. The number of hydrogen-bond acceptors (Lipinski definition) is 2. The molecule has 1 N–H and O–H groups in total. The van der Waals surface area contributed by atoms with E-state index in [4.69, 9.17) is 0 Å². The van der Waals surface area contributed by atoms with Crippen LogP contribution in [0, 0.1) is 12.8 Å². The molecule has 0 bridgehead atoms. The molecule has 1 aliphatic rings. The van der Waals surface area contributed by atoms with Crippen LogP contribution >= 0.6 is 0 Å². The molecule has 0 saturated carbocycles. The quantitative estimate of drug-likeness (QED) is 0.772. The summed E-state index contributed by atoms with van der Waals surface area (Å²) in [5.41, 5.74) is 1.80. The van der Waals surface area contributed by atoms with E-state index in [1.807, 2.05) is 13.0 Å². The molecular weight excluding hydrogens is 202 g/mol. The molecule has 16 heavy (non-hydrogen) atoms. The number of amides is 1. The molecule has 1 aromatic rings. The highest BCUT2D eigenvalue weighted by atomic mass is 16.3. The molecule has 1 atom stereocenters. The maximum Gasteiger partial charge on any atom is 0.227 e. The van der Waals surface area contributed by atoms with Crippen LogP contribution in [0.4, 0.5) is 5.69 Å². The van der Waals surface area contributed by atoms with E-state index in [1.54, 1.807) is 23.1 Å². The van der Waals surface area contributed by atoms with Crippen molar-refractivity contribution in [3.63, 3.8) is 0 Å². The third-order valence-electron chi connectivity index (χ3n) is 2.96. The highest BCUT2D eigenvalue weighted by Gasteiger charge is 2.29. The summed E-state index contributed by atoms with van der Waals surface area (Å²) in [6.45, 7) is 6.30. The molecule has 2 rings (SSSR count). The predicted octanol–water partition coefficient (Wildman–Crippen LogP) is 2.24. The first-order chi connectivity index (χ1) is 7.61.